The van der Waals surface area contributed by atoms with Gasteiger partial charge in [-0.15, -0.1) is 24.0 Å². The number of ether oxygens (including phenoxy) is 1. The van der Waals surface area contributed by atoms with Gasteiger partial charge >= 0.3 is 0 Å². The van der Waals surface area contributed by atoms with Gasteiger partial charge in [0.1, 0.15) is 6.54 Å². The molecule has 1 amide bonds. The number of carbonyl (C=O) groups excluding carboxylic acids is 1. The van der Waals surface area contributed by atoms with E-state index >= 15 is 0 Å². The van der Waals surface area contributed by atoms with Crippen molar-refractivity contribution in [1.29, 1.82) is 0 Å². The summed E-state index contributed by atoms with van der Waals surface area (Å²) in [5.74, 6) is 0.667. The molecule has 0 aromatic heterocycles. The fraction of sp³-hybridized carbons (Fsp3) is 0.867. The zero-order chi connectivity index (χ0) is 15.6. The highest BCUT2D eigenvalue weighted by molar-refractivity contribution is 14.0. The Morgan fingerprint density at radius 2 is 1.86 bits per heavy atom. The summed E-state index contributed by atoms with van der Waals surface area (Å²) >= 11 is 0. The quantitative estimate of drug-likeness (QED) is 0.297. The van der Waals surface area contributed by atoms with Crippen LogP contribution in [0.1, 0.15) is 39.5 Å². The largest absolute Gasteiger partial charge is 0.385 e. The second-order valence-corrected chi connectivity index (χ2v) is 5.60. The molecule has 1 aliphatic rings. The fourth-order valence-corrected chi connectivity index (χ4v) is 2.53. The summed E-state index contributed by atoms with van der Waals surface area (Å²) in [4.78, 5) is 15.8. The van der Waals surface area contributed by atoms with Crippen LogP contribution in [0.15, 0.2) is 4.99 Å². The maximum atomic E-state index is 11.5. The summed E-state index contributed by atoms with van der Waals surface area (Å²) < 4.78 is 5.21. The van der Waals surface area contributed by atoms with Gasteiger partial charge in [-0.1, -0.05) is 6.42 Å². The number of nitrogens with one attached hydrogen (secondary N) is 3. The lowest BCUT2D eigenvalue weighted by Gasteiger charge is -2.42. The summed E-state index contributed by atoms with van der Waals surface area (Å²) in [6.45, 7) is 7.19. The van der Waals surface area contributed by atoms with E-state index in [0.717, 1.165) is 26.1 Å². The van der Waals surface area contributed by atoms with Gasteiger partial charge in [-0.25, -0.2) is 4.99 Å². The predicted octanol–water partition coefficient (Wildman–Crippen LogP) is 1.50. The molecule has 1 rings (SSSR count). The highest BCUT2D eigenvalue weighted by Gasteiger charge is 2.36. The van der Waals surface area contributed by atoms with Crippen LogP contribution in [-0.4, -0.2) is 51.8 Å². The molecule has 3 N–H and O–H groups in total. The molecule has 1 aliphatic carbocycles. The topological polar surface area (TPSA) is 74.8 Å². The van der Waals surface area contributed by atoms with Crippen LogP contribution in [0, 0.1) is 5.41 Å². The molecule has 0 atom stereocenters. The summed E-state index contributed by atoms with van der Waals surface area (Å²) in [5, 5.41) is 9.31. The lowest BCUT2D eigenvalue weighted by Crippen LogP contribution is -2.47. The van der Waals surface area contributed by atoms with Crippen molar-refractivity contribution in [2.75, 3.05) is 39.9 Å². The van der Waals surface area contributed by atoms with Crippen LogP contribution in [0.3, 0.4) is 0 Å². The molecule has 0 aromatic rings. The number of guanidine groups is 1. The Hall–Kier alpha value is -0.570. The number of aliphatic imine (C=N–C) groups is 1. The van der Waals surface area contributed by atoms with E-state index in [9.17, 15) is 4.79 Å². The first-order chi connectivity index (χ1) is 10.2. The first-order valence-corrected chi connectivity index (χ1v) is 7.93. The Labute approximate surface area is 151 Å². The number of amides is 1. The molecule has 0 unspecified atom stereocenters. The van der Waals surface area contributed by atoms with Crippen LogP contribution in [0.4, 0.5) is 0 Å². The molecular formula is C15H31IN4O2. The monoisotopic (exact) mass is 426 g/mol. The Bertz CT molecular complexity index is 346. The van der Waals surface area contributed by atoms with Crippen molar-refractivity contribution in [2.24, 2.45) is 10.4 Å². The highest BCUT2D eigenvalue weighted by atomic mass is 127. The van der Waals surface area contributed by atoms with Crippen molar-refractivity contribution in [3.8, 4) is 0 Å². The molecule has 0 radical (unpaired) electrons. The van der Waals surface area contributed by atoms with Crippen molar-refractivity contribution in [2.45, 2.75) is 39.5 Å². The maximum absolute atomic E-state index is 11.5. The van der Waals surface area contributed by atoms with Gasteiger partial charge in [0.25, 0.3) is 0 Å². The third kappa shape index (κ3) is 7.62. The minimum absolute atomic E-state index is 0. The van der Waals surface area contributed by atoms with Crippen LogP contribution in [0.2, 0.25) is 0 Å². The Morgan fingerprint density at radius 3 is 2.36 bits per heavy atom. The third-order valence-electron chi connectivity index (χ3n) is 3.98. The number of halogens is 1. The number of hydrogen-bond acceptors (Lipinski definition) is 3. The van der Waals surface area contributed by atoms with E-state index in [1.165, 1.54) is 19.3 Å². The average molecular weight is 426 g/mol. The summed E-state index contributed by atoms with van der Waals surface area (Å²) in [5.41, 5.74) is 0.331. The van der Waals surface area contributed by atoms with Gasteiger partial charge < -0.3 is 20.7 Å². The zero-order valence-corrected chi connectivity index (χ0v) is 16.4. The summed E-state index contributed by atoms with van der Waals surface area (Å²) in [6.07, 6.45) is 4.84. The van der Waals surface area contributed by atoms with Gasteiger partial charge in [-0.3, -0.25) is 4.79 Å². The molecule has 130 valence electrons. The van der Waals surface area contributed by atoms with Crippen LogP contribution in [0.5, 0.6) is 0 Å². The number of nitrogens with zero attached hydrogens (tertiary/aromatic N) is 1. The van der Waals surface area contributed by atoms with Crippen LogP contribution in [0.25, 0.3) is 0 Å². The second-order valence-electron chi connectivity index (χ2n) is 5.60. The minimum atomic E-state index is -0.0487. The lowest BCUT2D eigenvalue weighted by molar-refractivity contribution is -0.119. The number of hydrogen-bond donors (Lipinski definition) is 3. The molecule has 0 spiro atoms. The van der Waals surface area contributed by atoms with Crippen molar-refractivity contribution < 1.29 is 9.53 Å². The molecule has 7 heteroatoms. The normalized spacial score (nSPS) is 16.2. The summed E-state index contributed by atoms with van der Waals surface area (Å²) in [6, 6.07) is 0. The number of rotatable bonds is 9. The standard InChI is InChI=1S/C15H30N4O2.HI/c1-4-16-13(20)11-18-14(17-5-2)19-12-15(7-6-8-15)9-10-21-3;/h4-12H2,1-3H3,(H,16,20)(H2,17,18,19);1H. The van der Waals surface area contributed by atoms with E-state index in [-0.39, 0.29) is 36.4 Å². The van der Waals surface area contributed by atoms with Gasteiger partial charge in [0, 0.05) is 33.4 Å². The lowest BCUT2D eigenvalue weighted by atomic mass is 9.67. The molecule has 6 nitrogen and oxygen atoms in total. The maximum Gasteiger partial charge on any atom is 0.241 e. The van der Waals surface area contributed by atoms with E-state index in [1.54, 1.807) is 7.11 Å². The second kappa shape index (κ2) is 11.9. The van der Waals surface area contributed by atoms with E-state index in [2.05, 4.69) is 20.9 Å². The zero-order valence-electron chi connectivity index (χ0n) is 14.0. The van der Waals surface area contributed by atoms with Gasteiger partial charge in [-0.2, -0.15) is 0 Å². The van der Waals surface area contributed by atoms with Crippen LogP contribution < -0.4 is 16.0 Å². The van der Waals surface area contributed by atoms with Crippen LogP contribution >= 0.6 is 24.0 Å². The summed E-state index contributed by atoms with van der Waals surface area (Å²) in [7, 11) is 1.75. The fourth-order valence-electron chi connectivity index (χ4n) is 2.53. The minimum Gasteiger partial charge on any atom is -0.385 e. The number of likely N-dealkylation sites (N-methyl/N-ethyl adjacent to an activating group) is 1. The first-order valence-electron chi connectivity index (χ1n) is 7.93. The van der Waals surface area contributed by atoms with Crippen molar-refractivity contribution in [1.82, 2.24) is 16.0 Å². The molecule has 1 fully saturated rings. The molecular weight excluding hydrogens is 395 g/mol. The molecule has 0 bridgehead atoms. The third-order valence-corrected chi connectivity index (χ3v) is 3.98. The smallest absolute Gasteiger partial charge is 0.241 e. The van der Waals surface area contributed by atoms with Crippen LogP contribution in [-0.2, 0) is 9.53 Å². The Kier molecular flexibility index (Phi) is 11.6. The molecule has 0 saturated heterocycles. The van der Waals surface area contributed by atoms with Crippen molar-refractivity contribution in [3.05, 3.63) is 0 Å². The Morgan fingerprint density at radius 1 is 1.18 bits per heavy atom. The average Bonchev–Trinajstić information content (AvgIpc) is 2.43. The molecule has 1 saturated carbocycles. The van der Waals surface area contributed by atoms with Crippen molar-refractivity contribution in [3.63, 3.8) is 0 Å². The Balaban J connectivity index is 0.00000441. The predicted molar refractivity (Wildman–Crippen MR) is 101 cm³/mol. The SMILES string of the molecule is CCNC(=O)CN=C(NCC)NCC1(CCOC)CCC1.I. The number of methoxy groups -OCH3 is 1. The van der Waals surface area contributed by atoms with Gasteiger partial charge in [0.05, 0.1) is 0 Å². The molecule has 0 aliphatic heterocycles. The molecule has 0 aromatic carbocycles. The van der Waals surface area contributed by atoms with E-state index in [4.69, 9.17) is 4.74 Å². The van der Waals surface area contributed by atoms with E-state index < -0.39 is 0 Å². The molecule has 22 heavy (non-hydrogen) atoms. The van der Waals surface area contributed by atoms with Gasteiger partial charge in [0.15, 0.2) is 5.96 Å². The highest BCUT2D eigenvalue weighted by Crippen LogP contribution is 2.43. The van der Waals surface area contributed by atoms with E-state index in [0.29, 0.717) is 17.9 Å². The first kappa shape index (κ1) is 21.4. The molecule has 0 heterocycles. The number of carbonyl (C=O) groups is 1. The van der Waals surface area contributed by atoms with Gasteiger partial charge in [-0.05, 0) is 38.5 Å². The van der Waals surface area contributed by atoms with Crippen molar-refractivity contribution >= 4 is 35.8 Å². The van der Waals surface area contributed by atoms with Gasteiger partial charge in [0.2, 0.25) is 5.91 Å². The van der Waals surface area contributed by atoms with E-state index in [1.807, 2.05) is 13.8 Å².